The van der Waals surface area contributed by atoms with E-state index >= 15 is 0 Å². The van der Waals surface area contributed by atoms with Crippen molar-refractivity contribution in [2.24, 2.45) is 0 Å². The molecule has 2 rings (SSSR count). The summed E-state index contributed by atoms with van der Waals surface area (Å²) in [5.74, 6) is -0.585. The van der Waals surface area contributed by atoms with Gasteiger partial charge in [-0.2, -0.15) is 0 Å². The van der Waals surface area contributed by atoms with Gasteiger partial charge in [-0.1, -0.05) is 12.1 Å². The Bertz CT molecular complexity index is 1000. The fraction of sp³-hybridized carbons (Fsp3) is 0.278. The molecule has 27 heavy (non-hydrogen) atoms. The van der Waals surface area contributed by atoms with Gasteiger partial charge in [0, 0.05) is 50.3 Å². The van der Waals surface area contributed by atoms with Gasteiger partial charge in [0.2, 0.25) is 0 Å². The van der Waals surface area contributed by atoms with Gasteiger partial charge in [-0.15, -0.1) is 0 Å². The number of nitro benzene ring substituents is 1. The van der Waals surface area contributed by atoms with Crippen LogP contribution in [0.5, 0.6) is 0 Å². The number of amides is 1. The molecular weight excluding hydrogens is 370 g/mol. The fourth-order valence-electron chi connectivity index (χ4n) is 2.65. The van der Waals surface area contributed by atoms with Crippen molar-refractivity contribution in [2.75, 3.05) is 25.3 Å². The lowest BCUT2D eigenvalue weighted by Crippen LogP contribution is -2.23. The summed E-state index contributed by atoms with van der Waals surface area (Å²) in [6, 6.07) is 8.88. The second-order valence-electron chi connectivity index (χ2n) is 6.44. The van der Waals surface area contributed by atoms with Gasteiger partial charge >= 0.3 is 0 Å². The number of aryl methyl sites for hydroxylation is 1. The van der Waals surface area contributed by atoms with Crippen LogP contribution in [0.15, 0.2) is 41.3 Å². The number of carbonyl (C=O) groups is 1. The average molecular weight is 391 g/mol. The largest absolute Gasteiger partial charge is 0.377 e. The second-order valence-corrected chi connectivity index (χ2v) is 8.46. The minimum absolute atomic E-state index is 0.0775. The van der Waals surface area contributed by atoms with Gasteiger partial charge in [0.25, 0.3) is 11.6 Å². The molecule has 1 amide bonds. The zero-order valence-corrected chi connectivity index (χ0v) is 16.3. The molecule has 0 aliphatic heterocycles. The number of nitro groups is 1. The molecule has 0 bridgehead atoms. The molecule has 0 aromatic heterocycles. The first-order chi connectivity index (χ1) is 12.5. The molecule has 0 atom stereocenters. The van der Waals surface area contributed by atoms with E-state index in [1.54, 1.807) is 0 Å². The molecule has 2 aromatic rings. The molecule has 2 aromatic carbocycles. The first kappa shape index (κ1) is 20.4. The van der Waals surface area contributed by atoms with E-state index in [0.29, 0.717) is 0 Å². The number of rotatable bonds is 6. The van der Waals surface area contributed by atoms with Crippen LogP contribution in [-0.4, -0.2) is 39.6 Å². The van der Waals surface area contributed by atoms with E-state index in [4.69, 9.17) is 0 Å². The van der Waals surface area contributed by atoms with Crippen LogP contribution in [0.25, 0.3) is 0 Å². The van der Waals surface area contributed by atoms with Gasteiger partial charge in [0.1, 0.15) is 0 Å². The van der Waals surface area contributed by atoms with Gasteiger partial charge in [-0.25, -0.2) is 8.42 Å². The first-order valence-electron chi connectivity index (χ1n) is 8.03. The Hall–Kier alpha value is -2.94. The number of nitrogens with one attached hydrogen (secondary N) is 1. The molecule has 0 spiro atoms. The molecule has 0 aliphatic carbocycles. The maximum absolute atomic E-state index is 12.4. The van der Waals surface area contributed by atoms with E-state index < -0.39 is 26.4 Å². The lowest BCUT2D eigenvalue weighted by atomic mass is 10.1. The molecule has 0 saturated heterocycles. The van der Waals surface area contributed by atoms with E-state index in [0.717, 1.165) is 41.3 Å². The highest BCUT2D eigenvalue weighted by molar-refractivity contribution is 7.90. The predicted molar refractivity (Wildman–Crippen MR) is 103 cm³/mol. The number of nitrogens with zero attached hydrogens (tertiary/aromatic N) is 2. The maximum atomic E-state index is 12.4. The Morgan fingerprint density at radius 3 is 2.37 bits per heavy atom. The molecule has 0 radical (unpaired) electrons. The number of hydrogen-bond acceptors (Lipinski definition) is 6. The van der Waals surface area contributed by atoms with Crippen LogP contribution in [0.3, 0.4) is 0 Å². The number of non-ortho nitro benzene ring substituents is 1. The van der Waals surface area contributed by atoms with Crippen LogP contribution in [0.1, 0.15) is 21.5 Å². The summed E-state index contributed by atoms with van der Waals surface area (Å²) < 4.78 is 23.5. The summed E-state index contributed by atoms with van der Waals surface area (Å²) in [6.07, 6.45) is 0.933. The normalized spacial score (nSPS) is 11.1. The molecule has 0 unspecified atom stereocenters. The van der Waals surface area contributed by atoms with E-state index in [-0.39, 0.29) is 17.0 Å². The third kappa shape index (κ3) is 5.04. The lowest BCUT2D eigenvalue weighted by Gasteiger charge is -2.16. The molecule has 144 valence electrons. The van der Waals surface area contributed by atoms with Crippen molar-refractivity contribution in [3.63, 3.8) is 0 Å². The molecule has 9 heteroatoms. The smallest absolute Gasteiger partial charge is 0.271 e. The fourth-order valence-corrected chi connectivity index (χ4v) is 3.32. The zero-order valence-electron chi connectivity index (χ0n) is 15.5. The van der Waals surface area contributed by atoms with E-state index in [9.17, 15) is 23.3 Å². The third-order valence-corrected chi connectivity index (χ3v) is 5.08. The zero-order chi connectivity index (χ0) is 20.4. The maximum Gasteiger partial charge on any atom is 0.271 e. The van der Waals surface area contributed by atoms with Crippen molar-refractivity contribution < 1.29 is 18.1 Å². The molecule has 0 heterocycles. The summed E-state index contributed by atoms with van der Waals surface area (Å²) in [5.41, 5.74) is 2.43. The van der Waals surface area contributed by atoms with Gasteiger partial charge < -0.3 is 10.2 Å². The SMILES string of the molecule is Cc1cc(CNC(=O)c2cc([N+](=O)[O-])cc(S(C)(=O)=O)c2)ccc1N(C)C. The highest BCUT2D eigenvalue weighted by atomic mass is 32.2. The van der Waals surface area contributed by atoms with Crippen LogP contribution >= 0.6 is 0 Å². The van der Waals surface area contributed by atoms with E-state index in [1.165, 1.54) is 0 Å². The number of carbonyl (C=O) groups excluding carboxylic acids is 1. The topological polar surface area (TPSA) is 110 Å². The predicted octanol–water partition coefficient (Wildman–Crippen LogP) is 2.30. The van der Waals surface area contributed by atoms with Gasteiger partial charge in [0.15, 0.2) is 9.84 Å². The number of benzene rings is 2. The summed E-state index contributed by atoms with van der Waals surface area (Å²) >= 11 is 0. The van der Waals surface area contributed by atoms with Crippen molar-refractivity contribution in [2.45, 2.75) is 18.4 Å². The van der Waals surface area contributed by atoms with Crippen LogP contribution in [0.4, 0.5) is 11.4 Å². The summed E-state index contributed by atoms with van der Waals surface area (Å²) in [5, 5.41) is 13.7. The molecule has 8 nitrogen and oxygen atoms in total. The molecular formula is C18H21N3O5S. The highest BCUT2D eigenvalue weighted by Crippen LogP contribution is 2.22. The monoisotopic (exact) mass is 391 g/mol. The Kier molecular flexibility index (Phi) is 5.85. The number of anilines is 1. The van der Waals surface area contributed by atoms with Crippen molar-refractivity contribution >= 4 is 27.1 Å². The van der Waals surface area contributed by atoms with Crippen molar-refractivity contribution in [3.8, 4) is 0 Å². The summed E-state index contributed by atoms with van der Waals surface area (Å²) in [6.45, 7) is 2.17. The first-order valence-corrected chi connectivity index (χ1v) is 9.93. The minimum Gasteiger partial charge on any atom is -0.377 e. The van der Waals surface area contributed by atoms with Crippen LogP contribution in [0.2, 0.25) is 0 Å². The van der Waals surface area contributed by atoms with Crippen molar-refractivity contribution in [3.05, 3.63) is 63.2 Å². The van der Waals surface area contributed by atoms with E-state index in [1.807, 2.05) is 44.1 Å². The highest BCUT2D eigenvalue weighted by Gasteiger charge is 2.19. The minimum atomic E-state index is -3.69. The third-order valence-electron chi connectivity index (χ3n) is 3.99. The van der Waals surface area contributed by atoms with Crippen molar-refractivity contribution in [1.29, 1.82) is 0 Å². The molecule has 0 fully saturated rings. The van der Waals surface area contributed by atoms with Crippen LogP contribution in [0, 0.1) is 17.0 Å². The quantitative estimate of drug-likeness (QED) is 0.598. The van der Waals surface area contributed by atoms with Gasteiger partial charge in [-0.3, -0.25) is 14.9 Å². The summed E-state index contributed by atoms with van der Waals surface area (Å²) in [7, 11) is 0.182. The molecule has 0 saturated carbocycles. The number of sulfone groups is 1. The van der Waals surface area contributed by atoms with Gasteiger partial charge in [-0.05, 0) is 30.2 Å². The lowest BCUT2D eigenvalue weighted by molar-refractivity contribution is -0.385. The van der Waals surface area contributed by atoms with Crippen LogP contribution < -0.4 is 10.2 Å². The van der Waals surface area contributed by atoms with Gasteiger partial charge in [0.05, 0.1) is 9.82 Å². The molecule has 0 aliphatic rings. The summed E-state index contributed by atoms with van der Waals surface area (Å²) in [4.78, 5) is 24.4. The second kappa shape index (κ2) is 7.75. The molecule has 1 N–H and O–H groups in total. The Morgan fingerprint density at radius 2 is 1.85 bits per heavy atom. The van der Waals surface area contributed by atoms with Crippen LogP contribution in [-0.2, 0) is 16.4 Å². The van der Waals surface area contributed by atoms with E-state index in [2.05, 4.69) is 5.32 Å². The average Bonchev–Trinajstić information content (AvgIpc) is 2.58. The standard InChI is InChI=1S/C18H21N3O5S/c1-12-7-13(5-6-17(12)20(2)3)11-19-18(22)14-8-15(21(23)24)10-16(9-14)27(4,25)26/h5-10H,11H2,1-4H3,(H,19,22). The Balaban J connectivity index is 2.24. The Morgan fingerprint density at radius 1 is 1.19 bits per heavy atom. The van der Waals surface area contributed by atoms with Crippen molar-refractivity contribution in [1.82, 2.24) is 5.32 Å². The number of hydrogen-bond donors (Lipinski definition) is 1. The Labute approximate surface area is 157 Å².